The highest BCUT2D eigenvalue weighted by Crippen LogP contribution is 2.30. The number of hydrogen-bond acceptors (Lipinski definition) is 5. The van der Waals surface area contributed by atoms with E-state index < -0.39 is 4.92 Å². The molecule has 0 bridgehead atoms. The second-order valence-corrected chi connectivity index (χ2v) is 5.27. The van der Waals surface area contributed by atoms with E-state index in [1.165, 1.54) is 12.1 Å². The average molecular weight is 339 g/mol. The monoisotopic (exact) mass is 338 g/mol. The summed E-state index contributed by atoms with van der Waals surface area (Å²) in [6.45, 7) is 1.06. The fourth-order valence-corrected chi connectivity index (χ4v) is 2.78. The van der Waals surface area contributed by atoms with Crippen molar-refractivity contribution in [1.82, 2.24) is 9.78 Å². The fourth-order valence-electron chi connectivity index (χ4n) is 2.24. The van der Waals surface area contributed by atoms with Crippen molar-refractivity contribution in [2.75, 3.05) is 12.3 Å². The number of ether oxygens (including phenoxy) is 1. The number of halogens is 1. The summed E-state index contributed by atoms with van der Waals surface area (Å²) in [6.07, 6.45) is 0.711. The minimum atomic E-state index is -0.435. The molecular formula is C12H11BrN4O3. The molecule has 7 nitrogen and oxygen atoms in total. The van der Waals surface area contributed by atoms with E-state index in [9.17, 15) is 10.1 Å². The summed E-state index contributed by atoms with van der Waals surface area (Å²) in [4.78, 5) is 10.3. The largest absolute Gasteiger partial charge is 0.382 e. The molecule has 1 aromatic carbocycles. The topological polar surface area (TPSA) is 96.2 Å². The molecule has 20 heavy (non-hydrogen) atoms. The summed E-state index contributed by atoms with van der Waals surface area (Å²) >= 11 is 3.35. The van der Waals surface area contributed by atoms with Gasteiger partial charge < -0.3 is 10.5 Å². The smallest absolute Gasteiger partial charge is 0.270 e. The molecule has 0 unspecified atom stereocenters. The van der Waals surface area contributed by atoms with Gasteiger partial charge in [-0.15, -0.1) is 0 Å². The molecule has 2 aromatic rings. The summed E-state index contributed by atoms with van der Waals surface area (Å²) < 4.78 is 7.70. The lowest BCUT2D eigenvalue weighted by atomic mass is 10.1. The first kappa shape index (κ1) is 13.1. The predicted octanol–water partition coefficient (Wildman–Crippen LogP) is 2.20. The highest BCUT2D eigenvalue weighted by molar-refractivity contribution is 9.10. The molecule has 1 aromatic heterocycles. The van der Waals surface area contributed by atoms with Gasteiger partial charge in [0, 0.05) is 24.1 Å². The lowest BCUT2D eigenvalue weighted by molar-refractivity contribution is -0.384. The molecule has 1 aliphatic rings. The lowest BCUT2D eigenvalue weighted by Crippen LogP contribution is -2.13. The van der Waals surface area contributed by atoms with E-state index in [2.05, 4.69) is 21.0 Å². The molecule has 2 heterocycles. The number of hydrogen-bond donors (Lipinski definition) is 1. The zero-order valence-electron chi connectivity index (χ0n) is 10.4. The Morgan fingerprint density at radius 2 is 2.30 bits per heavy atom. The normalized spacial score (nSPS) is 14.1. The second kappa shape index (κ2) is 4.88. The Balaban J connectivity index is 2.12. The number of non-ortho nitro benzene ring substituents is 1. The lowest BCUT2D eigenvalue weighted by Gasteiger charge is -2.15. The Hall–Kier alpha value is -1.93. The molecule has 0 radical (unpaired) electrons. The number of aromatic nitrogens is 2. The van der Waals surface area contributed by atoms with Crippen molar-refractivity contribution >= 4 is 27.4 Å². The van der Waals surface area contributed by atoms with Crippen molar-refractivity contribution in [2.45, 2.75) is 13.0 Å². The summed E-state index contributed by atoms with van der Waals surface area (Å²) in [5.41, 5.74) is 8.52. The van der Waals surface area contributed by atoms with E-state index in [4.69, 9.17) is 10.5 Å². The van der Waals surface area contributed by atoms with Crippen molar-refractivity contribution in [3.05, 3.63) is 44.0 Å². The van der Waals surface area contributed by atoms with Gasteiger partial charge in [-0.2, -0.15) is 5.10 Å². The summed E-state index contributed by atoms with van der Waals surface area (Å²) in [5.74, 6) is 0.435. The maximum absolute atomic E-state index is 10.8. The second-order valence-electron chi connectivity index (χ2n) is 4.42. The Kier molecular flexibility index (Phi) is 3.19. The van der Waals surface area contributed by atoms with Crippen molar-refractivity contribution in [2.24, 2.45) is 0 Å². The van der Waals surface area contributed by atoms with Gasteiger partial charge in [-0.1, -0.05) is 0 Å². The number of nitro benzene ring substituents is 1. The molecular weight excluding hydrogens is 328 g/mol. The number of fused-ring (bicyclic) bond motifs is 1. The van der Waals surface area contributed by atoms with Crippen molar-refractivity contribution < 1.29 is 9.66 Å². The van der Waals surface area contributed by atoms with Gasteiger partial charge in [-0.25, -0.2) is 4.68 Å². The first-order valence-corrected chi connectivity index (χ1v) is 6.75. The number of anilines is 1. The van der Waals surface area contributed by atoms with Gasteiger partial charge in [0.25, 0.3) is 5.69 Å². The summed E-state index contributed by atoms with van der Waals surface area (Å²) in [6, 6.07) is 4.56. The molecule has 1 aliphatic heterocycles. The van der Waals surface area contributed by atoms with Crippen molar-refractivity contribution in [3.8, 4) is 5.69 Å². The SMILES string of the molecule is Nc1nn(-c2ccc([N+](=O)[O-])cc2Br)c2c1COCC2. The van der Waals surface area contributed by atoms with Crippen molar-refractivity contribution in [3.63, 3.8) is 0 Å². The van der Waals surface area contributed by atoms with Gasteiger partial charge in [0.2, 0.25) is 0 Å². The third-order valence-corrected chi connectivity index (χ3v) is 3.86. The van der Waals surface area contributed by atoms with Crippen LogP contribution in [-0.2, 0) is 17.8 Å². The number of rotatable bonds is 2. The maximum Gasteiger partial charge on any atom is 0.270 e. The molecule has 104 valence electrons. The highest BCUT2D eigenvalue weighted by atomic mass is 79.9. The molecule has 2 N–H and O–H groups in total. The van der Waals surface area contributed by atoms with E-state index in [-0.39, 0.29) is 5.69 Å². The molecule has 0 saturated carbocycles. The molecule has 0 aliphatic carbocycles. The predicted molar refractivity (Wildman–Crippen MR) is 75.7 cm³/mol. The molecule has 3 rings (SSSR count). The van der Waals surface area contributed by atoms with E-state index >= 15 is 0 Å². The Morgan fingerprint density at radius 3 is 3.00 bits per heavy atom. The third kappa shape index (κ3) is 2.06. The average Bonchev–Trinajstić information content (AvgIpc) is 2.76. The number of benzene rings is 1. The van der Waals surface area contributed by atoms with Crippen LogP contribution in [-0.4, -0.2) is 21.3 Å². The summed E-state index contributed by atoms with van der Waals surface area (Å²) in [5, 5.41) is 15.1. The number of nitro groups is 1. The van der Waals surface area contributed by atoms with E-state index in [0.717, 1.165) is 16.9 Å². The molecule has 0 saturated heterocycles. The van der Waals surface area contributed by atoms with Crippen LogP contribution >= 0.6 is 15.9 Å². The van der Waals surface area contributed by atoms with Crippen LogP contribution in [0.3, 0.4) is 0 Å². The molecule has 0 fully saturated rings. The maximum atomic E-state index is 10.8. The van der Waals surface area contributed by atoms with Crippen LogP contribution in [0.4, 0.5) is 11.5 Å². The first-order chi connectivity index (χ1) is 9.58. The standard InChI is InChI=1S/C12H11BrN4O3/c13-9-5-7(17(18)19)1-2-11(9)16-10-3-4-20-6-8(10)12(14)15-16/h1-2,5H,3-4,6H2,(H2,14,15). The Bertz CT molecular complexity index is 698. The minimum absolute atomic E-state index is 0.0259. The van der Waals surface area contributed by atoms with Crippen molar-refractivity contribution in [1.29, 1.82) is 0 Å². The minimum Gasteiger partial charge on any atom is -0.382 e. The van der Waals surface area contributed by atoms with Crippen LogP contribution in [0.1, 0.15) is 11.3 Å². The van der Waals surface area contributed by atoms with Gasteiger partial charge in [-0.05, 0) is 22.0 Å². The number of nitrogens with zero attached hydrogens (tertiary/aromatic N) is 3. The quantitative estimate of drug-likeness (QED) is 0.668. The number of nitrogen functional groups attached to an aromatic ring is 1. The highest BCUT2D eigenvalue weighted by Gasteiger charge is 2.22. The Labute approximate surface area is 122 Å². The molecule has 0 amide bonds. The van der Waals surface area contributed by atoms with Crippen LogP contribution in [0.15, 0.2) is 22.7 Å². The molecule has 8 heteroatoms. The number of nitrogens with two attached hydrogens (primary N) is 1. The van der Waals surface area contributed by atoms with Crippen LogP contribution in [0.25, 0.3) is 5.69 Å². The molecule has 0 spiro atoms. The third-order valence-electron chi connectivity index (χ3n) is 3.22. The molecule has 0 atom stereocenters. The van der Waals surface area contributed by atoms with Crippen LogP contribution in [0.2, 0.25) is 0 Å². The van der Waals surface area contributed by atoms with E-state index in [1.54, 1.807) is 10.7 Å². The van der Waals surface area contributed by atoms with Crippen LogP contribution < -0.4 is 5.73 Å². The van der Waals surface area contributed by atoms with E-state index in [1.807, 2.05) is 0 Å². The fraction of sp³-hybridized carbons (Fsp3) is 0.250. The van der Waals surface area contributed by atoms with Crippen LogP contribution in [0.5, 0.6) is 0 Å². The van der Waals surface area contributed by atoms with Gasteiger partial charge in [0.15, 0.2) is 5.82 Å². The zero-order chi connectivity index (χ0) is 14.3. The summed E-state index contributed by atoms with van der Waals surface area (Å²) in [7, 11) is 0. The van der Waals surface area contributed by atoms with Gasteiger partial charge in [0.1, 0.15) is 0 Å². The van der Waals surface area contributed by atoms with Gasteiger partial charge in [-0.3, -0.25) is 10.1 Å². The van der Waals surface area contributed by atoms with E-state index in [0.29, 0.717) is 29.9 Å². The van der Waals surface area contributed by atoms with Gasteiger partial charge >= 0.3 is 0 Å². The zero-order valence-corrected chi connectivity index (χ0v) is 12.0. The van der Waals surface area contributed by atoms with Crippen LogP contribution in [0, 0.1) is 10.1 Å². The van der Waals surface area contributed by atoms with Gasteiger partial charge in [0.05, 0.1) is 34.0 Å². The Morgan fingerprint density at radius 1 is 1.50 bits per heavy atom. The first-order valence-electron chi connectivity index (χ1n) is 5.96.